The normalized spacial score (nSPS) is 11.0. The first-order chi connectivity index (χ1) is 9.86. The molecular weight excluding hydrogens is 276 g/mol. The van der Waals surface area contributed by atoms with E-state index in [0.29, 0.717) is 5.11 Å². The monoisotopic (exact) mass is 298 g/mol. The summed E-state index contributed by atoms with van der Waals surface area (Å²) < 4.78 is 0. The summed E-state index contributed by atoms with van der Waals surface area (Å²) in [5.74, 6) is 0. The van der Waals surface area contributed by atoms with Gasteiger partial charge in [-0.1, -0.05) is 56.7 Å². The highest BCUT2D eigenvalue weighted by atomic mass is 32.1. The van der Waals surface area contributed by atoms with Crippen molar-refractivity contribution < 1.29 is 0 Å². The SMILES string of the molecule is Cc1ccc(NC(=S)Nc2ccccc2C(C)(C)C)cc1. The van der Waals surface area contributed by atoms with E-state index in [4.69, 9.17) is 12.2 Å². The number of para-hydroxylation sites is 1. The molecular formula is C18H22N2S. The van der Waals surface area contributed by atoms with Crippen LogP contribution in [0, 0.1) is 6.92 Å². The van der Waals surface area contributed by atoms with E-state index in [0.717, 1.165) is 11.4 Å². The highest BCUT2D eigenvalue weighted by molar-refractivity contribution is 7.80. The van der Waals surface area contributed by atoms with Crippen LogP contribution < -0.4 is 10.6 Å². The van der Waals surface area contributed by atoms with Crippen LogP contribution in [0.4, 0.5) is 11.4 Å². The molecule has 0 heterocycles. The zero-order valence-electron chi connectivity index (χ0n) is 13.0. The second-order valence-electron chi connectivity index (χ2n) is 6.24. The lowest BCUT2D eigenvalue weighted by Gasteiger charge is -2.23. The van der Waals surface area contributed by atoms with Gasteiger partial charge in [-0.15, -0.1) is 0 Å². The van der Waals surface area contributed by atoms with Crippen molar-refractivity contribution in [2.24, 2.45) is 0 Å². The Morgan fingerprint density at radius 3 is 2.14 bits per heavy atom. The van der Waals surface area contributed by atoms with Crippen LogP contribution >= 0.6 is 12.2 Å². The highest BCUT2D eigenvalue weighted by Gasteiger charge is 2.17. The Labute approximate surface area is 132 Å². The smallest absolute Gasteiger partial charge is 0.175 e. The van der Waals surface area contributed by atoms with Crippen LogP contribution in [0.5, 0.6) is 0 Å². The fourth-order valence-electron chi connectivity index (χ4n) is 2.17. The lowest BCUT2D eigenvalue weighted by molar-refractivity contribution is 0.592. The number of rotatable bonds is 2. The highest BCUT2D eigenvalue weighted by Crippen LogP contribution is 2.29. The lowest BCUT2D eigenvalue weighted by atomic mass is 9.86. The van der Waals surface area contributed by atoms with Crippen LogP contribution in [0.25, 0.3) is 0 Å². The molecule has 2 nitrogen and oxygen atoms in total. The summed E-state index contributed by atoms with van der Waals surface area (Å²) in [5.41, 5.74) is 4.60. The van der Waals surface area contributed by atoms with E-state index in [-0.39, 0.29) is 5.41 Å². The molecule has 0 bridgehead atoms. The molecule has 0 fully saturated rings. The average molecular weight is 298 g/mol. The minimum Gasteiger partial charge on any atom is -0.332 e. The molecule has 3 heteroatoms. The first-order valence-corrected chi connectivity index (χ1v) is 7.51. The molecule has 0 radical (unpaired) electrons. The third-order valence-electron chi connectivity index (χ3n) is 3.29. The molecule has 0 amide bonds. The van der Waals surface area contributed by atoms with Gasteiger partial charge in [-0.25, -0.2) is 0 Å². The molecule has 0 unspecified atom stereocenters. The van der Waals surface area contributed by atoms with Gasteiger partial charge in [-0.2, -0.15) is 0 Å². The Kier molecular flexibility index (Phi) is 4.63. The van der Waals surface area contributed by atoms with Gasteiger partial charge in [-0.3, -0.25) is 0 Å². The maximum atomic E-state index is 5.41. The van der Waals surface area contributed by atoms with E-state index in [1.165, 1.54) is 11.1 Å². The standard InChI is InChI=1S/C18H22N2S/c1-13-9-11-14(12-10-13)19-17(21)20-16-8-6-5-7-15(16)18(2,3)4/h5-12H,1-4H3,(H2,19,20,21). The zero-order chi connectivity index (χ0) is 15.5. The van der Waals surface area contributed by atoms with Crippen molar-refractivity contribution in [3.8, 4) is 0 Å². The lowest BCUT2D eigenvalue weighted by Crippen LogP contribution is -2.22. The summed E-state index contributed by atoms with van der Waals surface area (Å²) in [6.07, 6.45) is 0. The maximum absolute atomic E-state index is 5.41. The summed E-state index contributed by atoms with van der Waals surface area (Å²) in [6, 6.07) is 16.5. The van der Waals surface area contributed by atoms with Crippen molar-refractivity contribution in [3.05, 3.63) is 59.7 Å². The molecule has 110 valence electrons. The molecule has 0 saturated carbocycles. The fraction of sp³-hybridized carbons (Fsp3) is 0.278. The Hall–Kier alpha value is -1.87. The summed E-state index contributed by atoms with van der Waals surface area (Å²) in [4.78, 5) is 0. The zero-order valence-corrected chi connectivity index (χ0v) is 13.8. The first kappa shape index (κ1) is 15.5. The van der Waals surface area contributed by atoms with Crippen molar-refractivity contribution >= 4 is 28.7 Å². The number of hydrogen-bond acceptors (Lipinski definition) is 1. The average Bonchev–Trinajstić information content (AvgIpc) is 2.41. The molecule has 2 aromatic carbocycles. The van der Waals surface area contributed by atoms with Gasteiger partial charge in [0.2, 0.25) is 0 Å². The molecule has 0 aliphatic heterocycles. The van der Waals surface area contributed by atoms with Crippen molar-refractivity contribution in [2.45, 2.75) is 33.1 Å². The minimum absolute atomic E-state index is 0.0725. The molecule has 0 atom stereocenters. The van der Waals surface area contributed by atoms with Gasteiger partial charge in [0.05, 0.1) is 0 Å². The quantitative estimate of drug-likeness (QED) is 0.754. The van der Waals surface area contributed by atoms with Crippen LogP contribution in [-0.4, -0.2) is 5.11 Å². The number of anilines is 2. The summed E-state index contributed by atoms with van der Waals surface area (Å²) >= 11 is 5.41. The Morgan fingerprint density at radius 1 is 0.905 bits per heavy atom. The summed E-state index contributed by atoms with van der Waals surface area (Å²) in [7, 11) is 0. The van der Waals surface area contributed by atoms with Crippen molar-refractivity contribution in [3.63, 3.8) is 0 Å². The van der Waals surface area contributed by atoms with Gasteiger partial charge in [0, 0.05) is 11.4 Å². The number of thiocarbonyl (C=S) groups is 1. The van der Waals surface area contributed by atoms with Crippen LogP contribution in [0.2, 0.25) is 0 Å². The van der Waals surface area contributed by atoms with E-state index in [1.807, 2.05) is 18.2 Å². The molecule has 0 spiro atoms. The van der Waals surface area contributed by atoms with Gasteiger partial charge < -0.3 is 10.6 Å². The summed E-state index contributed by atoms with van der Waals surface area (Å²) in [5, 5.41) is 7.12. The van der Waals surface area contributed by atoms with Crippen molar-refractivity contribution in [1.82, 2.24) is 0 Å². The van der Waals surface area contributed by atoms with Crippen LogP contribution in [0.15, 0.2) is 48.5 Å². The number of hydrogen-bond donors (Lipinski definition) is 2. The molecule has 2 aromatic rings. The third-order valence-corrected chi connectivity index (χ3v) is 3.50. The Bertz CT molecular complexity index is 624. The van der Waals surface area contributed by atoms with Gasteiger partial charge >= 0.3 is 0 Å². The predicted molar refractivity (Wildman–Crippen MR) is 96.2 cm³/mol. The van der Waals surface area contributed by atoms with Crippen molar-refractivity contribution in [2.75, 3.05) is 10.6 Å². The van der Waals surface area contributed by atoms with Crippen LogP contribution in [-0.2, 0) is 5.41 Å². The number of nitrogens with one attached hydrogen (secondary N) is 2. The maximum Gasteiger partial charge on any atom is 0.175 e. The molecule has 2 rings (SSSR count). The van der Waals surface area contributed by atoms with Crippen molar-refractivity contribution in [1.29, 1.82) is 0 Å². The van der Waals surface area contributed by atoms with Gasteiger partial charge in [0.25, 0.3) is 0 Å². The number of aryl methyl sites for hydroxylation is 1. The van der Waals surface area contributed by atoms with E-state index in [1.54, 1.807) is 0 Å². The van der Waals surface area contributed by atoms with E-state index in [9.17, 15) is 0 Å². The fourth-order valence-corrected chi connectivity index (χ4v) is 2.40. The largest absolute Gasteiger partial charge is 0.332 e. The minimum atomic E-state index is 0.0725. The van der Waals surface area contributed by atoms with Crippen LogP contribution in [0.3, 0.4) is 0 Å². The molecule has 0 aromatic heterocycles. The van der Waals surface area contributed by atoms with E-state index >= 15 is 0 Å². The topological polar surface area (TPSA) is 24.1 Å². The Morgan fingerprint density at radius 2 is 1.52 bits per heavy atom. The second kappa shape index (κ2) is 6.27. The predicted octanol–water partition coefficient (Wildman–Crippen LogP) is 5.10. The third kappa shape index (κ3) is 4.30. The summed E-state index contributed by atoms with van der Waals surface area (Å²) in [6.45, 7) is 8.66. The van der Waals surface area contributed by atoms with E-state index in [2.05, 4.69) is 68.7 Å². The van der Waals surface area contributed by atoms with Gasteiger partial charge in [0.15, 0.2) is 5.11 Å². The molecule has 2 N–H and O–H groups in total. The Balaban J connectivity index is 2.11. The molecule has 0 aliphatic rings. The molecule has 21 heavy (non-hydrogen) atoms. The van der Waals surface area contributed by atoms with E-state index < -0.39 is 0 Å². The first-order valence-electron chi connectivity index (χ1n) is 7.10. The van der Waals surface area contributed by atoms with Gasteiger partial charge in [-0.05, 0) is 48.3 Å². The molecule has 0 aliphatic carbocycles. The van der Waals surface area contributed by atoms with Gasteiger partial charge in [0.1, 0.15) is 0 Å². The second-order valence-corrected chi connectivity index (χ2v) is 6.65. The van der Waals surface area contributed by atoms with Crippen LogP contribution in [0.1, 0.15) is 31.9 Å². The number of benzene rings is 2. The molecule has 0 saturated heterocycles.